The summed E-state index contributed by atoms with van der Waals surface area (Å²) in [4.78, 5) is 2.69. The number of nitrogens with zero attached hydrogens (tertiary/aromatic N) is 1. The Bertz CT molecular complexity index is 145. The smallest absolute Gasteiger partial charge is 0.0249 e. The van der Waals surface area contributed by atoms with Crippen LogP contribution < -0.4 is 5.32 Å². The molecule has 0 unspecified atom stereocenters. The molecule has 1 heterocycles. The molecule has 0 radical (unpaired) electrons. The predicted molar refractivity (Wildman–Crippen MR) is 51.3 cm³/mol. The molecule has 1 N–H and O–H groups in total. The Morgan fingerprint density at radius 2 is 2.33 bits per heavy atom. The van der Waals surface area contributed by atoms with Gasteiger partial charge in [0.1, 0.15) is 0 Å². The molecule has 2 fully saturated rings. The van der Waals surface area contributed by atoms with Crippen LogP contribution in [-0.2, 0) is 0 Å². The van der Waals surface area contributed by atoms with Crippen LogP contribution in [-0.4, -0.2) is 36.6 Å². The van der Waals surface area contributed by atoms with Crippen molar-refractivity contribution in [1.29, 1.82) is 0 Å². The maximum Gasteiger partial charge on any atom is 0.0249 e. The summed E-state index contributed by atoms with van der Waals surface area (Å²) >= 11 is 0. The van der Waals surface area contributed by atoms with E-state index in [4.69, 9.17) is 0 Å². The van der Waals surface area contributed by atoms with Crippen LogP contribution in [0.1, 0.15) is 32.6 Å². The lowest BCUT2D eigenvalue weighted by Crippen LogP contribution is -2.55. The second-order valence-electron chi connectivity index (χ2n) is 4.09. The molecule has 0 aromatic rings. The summed E-state index contributed by atoms with van der Waals surface area (Å²) in [6.07, 6.45) is 5.58. The molecule has 1 aliphatic carbocycles. The van der Waals surface area contributed by atoms with E-state index >= 15 is 0 Å². The highest BCUT2D eigenvalue weighted by Gasteiger charge is 2.33. The molecule has 0 bridgehead atoms. The SMILES string of the molecule is CCCN1CCN[C@H]2CCC[C@@H]21. The Balaban J connectivity index is 1.94. The number of nitrogens with one attached hydrogen (secondary N) is 1. The Hall–Kier alpha value is -0.0800. The van der Waals surface area contributed by atoms with Gasteiger partial charge in [0.2, 0.25) is 0 Å². The molecule has 1 saturated carbocycles. The van der Waals surface area contributed by atoms with E-state index in [-0.39, 0.29) is 0 Å². The predicted octanol–water partition coefficient (Wildman–Crippen LogP) is 1.22. The molecule has 0 spiro atoms. The van der Waals surface area contributed by atoms with Gasteiger partial charge in [0.15, 0.2) is 0 Å². The first-order valence-corrected chi connectivity index (χ1v) is 5.39. The monoisotopic (exact) mass is 168 g/mol. The molecule has 2 rings (SSSR count). The van der Waals surface area contributed by atoms with Crippen LogP contribution in [0.5, 0.6) is 0 Å². The second-order valence-corrected chi connectivity index (χ2v) is 4.09. The van der Waals surface area contributed by atoms with E-state index in [0.717, 1.165) is 12.1 Å². The van der Waals surface area contributed by atoms with Gasteiger partial charge in [-0.1, -0.05) is 13.3 Å². The molecule has 2 heteroatoms. The largest absolute Gasteiger partial charge is 0.311 e. The molecule has 1 aliphatic heterocycles. The Labute approximate surface area is 75.3 Å². The molecular weight excluding hydrogens is 148 g/mol. The first-order valence-electron chi connectivity index (χ1n) is 5.39. The van der Waals surface area contributed by atoms with Gasteiger partial charge in [0.05, 0.1) is 0 Å². The molecule has 2 aliphatic rings. The minimum atomic E-state index is 0.824. The van der Waals surface area contributed by atoms with Gasteiger partial charge in [-0.05, 0) is 25.8 Å². The van der Waals surface area contributed by atoms with Crippen molar-refractivity contribution < 1.29 is 0 Å². The van der Waals surface area contributed by atoms with Gasteiger partial charge < -0.3 is 5.32 Å². The fourth-order valence-corrected chi connectivity index (χ4v) is 2.74. The van der Waals surface area contributed by atoms with Crippen molar-refractivity contribution in [3.05, 3.63) is 0 Å². The van der Waals surface area contributed by atoms with E-state index in [9.17, 15) is 0 Å². The number of hydrogen-bond donors (Lipinski definition) is 1. The molecule has 70 valence electrons. The third-order valence-electron chi connectivity index (χ3n) is 3.26. The minimum absolute atomic E-state index is 0.824. The first kappa shape index (κ1) is 8.52. The van der Waals surface area contributed by atoms with E-state index in [0.29, 0.717) is 0 Å². The van der Waals surface area contributed by atoms with E-state index in [1.165, 1.54) is 45.3 Å². The van der Waals surface area contributed by atoms with Crippen molar-refractivity contribution in [2.45, 2.75) is 44.7 Å². The highest BCUT2D eigenvalue weighted by Crippen LogP contribution is 2.26. The molecule has 0 aromatic carbocycles. The molecule has 2 nitrogen and oxygen atoms in total. The van der Waals surface area contributed by atoms with Crippen LogP contribution in [0, 0.1) is 0 Å². The Kier molecular flexibility index (Phi) is 2.66. The lowest BCUT2D eigenvalue weighted by atomic mass is 10.1. The summed E-state index contributed by atoms with van der Waals surface area (Å²) < 4.78 is 0. The number of fused-ring (bicyclic) bond motifs is 1. The maximum absolute atomic E-state index is 3.63. The van der Waals surface area contributed by atoms with Crippen LogP contribution in [0.2, 0.25) is 0 Å². The average molecular weight is 168 g/mol. The fraction of sp³-hybridized carbons (Fsp3) is 1.00. The first-order chi connectivity index (χ1) is 5.92. The molecule has 12 heavy (non-hydrogen) atoms. The molecule has 2 atom stereocenters. The molecule has 0 amide bonds. The van der Waals surface area contributed by atoms with Gasteiger partial charge >= 0.3 is 0 Å². The van der Waals surface area contributed by atoms with Crippen molar-refractivity contribution in [2.24, 2.45) is 0 Å². The average Bonchev–Trinajstić information content (AvgIpc) is 2.53. The van der Waals surface area contributed by atoms with Crippen LogP contribution in [0.4, 0.5) is 0 Å². The number of hydrogen-bond acceptors (Lipinski definition) is 2. The van der Waals surface area contributed by atoms with Gasteiger partial charge in [-0.25, -0.2) is 0 Å². The summed E-state index contributed by atoms with van der Waals surface area (Å²) in [5.74, 6) is 0. The Morgan fingerprint density at radius 3 is 3.17 bits per heavy atom. The van der Waals surface area contributed by atoms with Gasteiger partial charge in [-0.2, -0.15) is 0 Å². The van der Waals surface area contributed by atoms with Crippen molar-refractivity contribution in [3.63, 3.8) is 0 Å². The molecule has 0 aromatic heterocycles. The standard InChI is InChI=1S/C10H20N2/c1-2-7-12-8-6-11-9-4-3-5-10(9)12/h9-11H,2-8H2,1H3/t9-,10-/m0/s1. The zero-order valence-electron chi connectivity index (χ0n) is 8.05. The lowest BCUT2D eigenvalue weighted by Gasteiger charge is -2.38. The van der Waals surface area contributed by atoms with Gasteiger partial charge in [0, 0.05) is 25.2 Å². The van der Waals surface area contributed by atoms with Crippen molar-refractivity contribution >= 4 is 0 Å². The van der Waals surface area contributed by atoms with Crippen LogP contribution >= 0.6 is 0 Å². The summed E-state index contributed by atoms with van der Waals surface area (Å²) in [6, 6.07) is 1.70. The van der Waals surface area contributed by atoms with Gasteiger partial charge in [-0.15, -0.1) is 0 Å². The Morgan fingerprint density at radius 1 is 1.42 bits per heavy atom. The third kappa shape index (κ3) is 1.50. The highest BCUT2D eigenvalue weighted by atomic mass is 15.2. The minimum Gasteiger partial charge on any atom is -0.311 e. The third-order valence-corrected chi connectivity index (χ3v) is 3.26. The van der Waals surface area contributed by atoms with E-state index in [2.05, 4.69) is 17.1 Å². The molecular formula is C10H20N2. The van der Waals surface area contributed by atoms with E-state index < -0.39 is 0 Å². The zero-order valence-corrected chi connectivity index (χ0v) is 8.05. The summed E-state index contributed by atoms with van der Waals surface area (Å²) in [5, 5.41) is 3.63. The summed E-state index contributed by atoms with van der Waals surface area (Å²) in [7, 11) is 0. The lowest BCUT2D eigenvalue weighted by molar-refractivity contribution is 0.137. The van der Waals surface area contributed by atoms with Gasteiger partial charge in [0.25, 0.3) is 0 Å². The highest BCUT2D eigenvalue weighted by molar-refractivity contribution is 4.93. The normalized spacial score (nSPS) is 36.8. The van der Waals surface area contributed by atoms with Crippen molar-refractivity contribution in [2.75, 3.05) is 19.6 Å². The van der Waals surface area contributed by atoms with Crippen LogP contribution in [0.15, 0.2) is 0 Å². The summed E-state index contributed by atoms with van der Waals surface area (Å²) in [5.41, 5.74) is 0. The van der Waals surface area contributed by atoms with Crippen molar-refractivity contribution in [3.8, 4) is 0 Å². The fourth-order valence-electron chi connectivity index (χ4n) is 2.74. The quantitative estimate of drug-likeness (QED) is 0.667. The number of piperazine rings is 1. The topological polar surface area (TPSA) is 15.3 Å². The zero-order chi connectivity index (χ0) is 8.39. The number of rotatable bonds is 2. The summed E-state index contributed by atoms with van der Waals surface area (Å²) in [6.45, 7) is 6.07. The van der Waals surface area contributed by atoms with Gasteiger partial charge in [-0.3, -0.25) is 4.90 Å². The second kappa shape index (κ2) is 3.75. The van der Waals surface area contributed by atoms with Crippen LogP contribution in [0.3, 0.4) is 0 Å². The van der Waals surface area contributed by atoms with Crippen LogP contribution in [0.25, 0.3) is 0 Å². The maximum atomic E-state index is 3.63. The van der Waals surface area contributed by atoms with E-state index in [1.807, 2.05) is 0 Å². The van der Waals surface area contributed by atoms with Crippen molar-refractivity contribution in [1.82, 2.24) is 10.2 Å². The van der Waals surface area contributed by atoms with E-state index in [1.54, 1.807) is 0 Å². The molecule has 1 saturated heterocycles.